The van der Waals surface area contributed by atoms with E-state index in [2.05, 4.69) is 4.74 Å². The van der Waals surface area contributed by atoms with Crippen molar-refractivity contribution < 1.29 is 23.0 Å². The van der Waals surface area contributed by atoms with Gasteiger partial charge >= 0.3 is 6.36 Å². The molecule has 0 saturated heterocycles. The highest BCUT2D eigenvalue weighted by Crippen LogP contribution is 2.40. The first kappa shape index (κ1) is 14.6. The Balaban J connectivity index is 2.22. The second-order valence-corrected chi connectivity index (χ2v) is 5.20. The third-order valence-electron chi connectivity index (χ3n) is 2.82. The van der Waals surface area contributed by atoms with Crippen LogP contribution in [0.4, 0.5) is 13.2 Å². The number of allylic oxidation sites excluding steroid dienone is 4. The zero-order chi connectivity index (χ0) is 14.9. The Labute approximate surface area is 117 Å². The molecule has 108 valence electrons. The van der Waals surface area contributed by atoms with E-state index >= 15 is 0 Å². The van der Waals surface area contributed by atoms with Crippen LogP contribution in [0.2, 0.25) is 0 Å². The minimum Gasteiger partial charge on any atom is -0.506 e. The number of nitrogens with one attached hydrogen (secondary N) is 1. The predicted octanol–water partition coefficient (Wildman–Crippen LogP) is 4.44. The molecule has 2 rings (SSSR count). The molecule has 3 nitrogen and oxygen atoms in total. The first-order valence-electron chi connectivity index (χ1n) is 5.80. The summed E-state index contributed by atoms with van der Waals surface area (Å²) in [5.41, 5.74) is 1.44. The Hall–Kier alpha value is -1.76. The molecule has 0 saturated carbocycles. The van der Waals surface area contributed by atoms with Crippen LogP contribution >= 0.6 is 11.3 Å². The normalized spacial score (nSPS) is 15.6. The zero-order valence-electron chi connectivity index (χ0n) is 10.5. The van der Waals surface area contributed by atoms with E-state index in [-0.39, 0.29) is 23.6 Å². The standard InChI is InChI=1S/C13H12F3NO2S/c1-7(17)10-6-20-12(11(10)18)8-2-4-9(5-3-8)19-13(14,15)16/h2,4,6,17-18H,3,5H2,1H3. The van der Waals surface area contributed by atoms with Crippen molar-refractivity contribution in [1.29, 1.82) is 5.41 Å². The second kappa shape index (κ2) is 5.32. The maximum Gasteiger partial charge on any atom is 0.572 e. The molecule has 0 spiro atoms. The third-order valence-corrected chi connectivity index (χ3v) is 3.86. The first-order valence-corrected chi connectivity index (χ1v) is 6.67. The van der Waals surface area contributed by atoms with Crippen LogP contribution in [0.15, 0.2) is 23.3 Å². The largest absolute Gasteiger partial charge is 0.572 e. The summed E-state index contributed by atoms with van der Waals surface area (Å²) in [5, 5.41) is 19.2. The van der Waals surface area contributed by atoms with Gasteiger partial charge in [0.25, 0.3) is 0 Å². The van der Waals surface area contributed by atoms with Crippen LogP contribution < -0.4 is 0 Å². The molecule has 0 atom stereocenters. The Morgan fingerprint density at radius 3 is 2.50 bits per heavy atom. The fourth-order valence-electron chi connectivity index (χ4n) is 1.89. The topological polar surface area (TPSA) is 53.3 Å². The smallest absolute Gasteiger partial charge is 0.506 e. The lowest BCUT2D eigenvalue weighted by molar-refractivity contribution is -0.306. The van der Waals surface area contributed by atoms with Gasteiger partial charge in [-0.1, -0.05) is 6.08 Å². The highest BCUT2D eigenvalue weighted by molar-refractivity contribution is 7.11. The summed E-state index contributed by atoms with van der Waals surface area (Å²) in [6.07, 6.45) is -1.41. The molecule has 0 amide bonds. The fourth-order valence-corrected chi connectivity index (χ4v) is 2.95. The number of alkyl halides is 3. The SMILES string of the molecule is CC(=N)c1csc(C2=CC=C(OC(F)(F)F)CC2)c1O. The first-order chi connectivity index (χ1) is 9.28. The van der Waals surface area contributed by atoms with Crippen molar-refractivity contribution >= 4 is 22.6 Å². The van der Waals surface area contributed by atoms with Crippen molar-refractivity contribution in [1.82, 2.24) is 0 Å². The lowest BCUT2D eigenvalue weighted by atomic mass is 10.0. The molecule has 1 aliphatic carbocycles. The van der Waals surface area contributed by atoms with Crippen molar-refractivity contribution in [2.24, 2.45) is 0 Å². The number of halogens is 3. The van der Waals surface area contributed by atoms with Gasteiger partial charge in [-0.15, -0.1) is 24.5 Å². The molecular weight excluding hydrogens is 291 g/mol. The number of hydrogen-bond acceptors (Lipinski definition) is 4. The predicted molar refractivity (Wildman–Crippen MR) is 70.9 cm³/mol. The van der Waals surface area contributed by atoms with Gasteiger partial charge in [0.05, 0.1) is 4.88 Å². The second-order valence-electron chi connectivity index (χ2n) is 4.32. The van der Waals surface area contributed by atoms with Crippen LogP contribution in [0.1, 0.15) is 30.2 Å². The van der Waals surface area contributed by atoms with Crippen molar-refractivity contribution in [3.63, 3.8) is 0 Å². The van der Waals surface area contributed by atoms with E-state index in [9.17, 15) is 18.3 Å². The molecule has 2 N–H and O–H groups in total. The fraction of sp³-hybridized carbons (Fsp3) is 0.308. The molecule has 1 aromatic heterocycles. The van der Waals surface area contributed by atoms with E-state index in [0.717, 1.165) is 5.57 Å². The Kier molecular flexibility index (Phi) is 3.89. The van der Waals surface area contributed by atoms with Crippen LogP contribution in [0, 0.1) is 5.41 Å². The van der Waals surface area contributed by atoms with E-state index in [0.29, 0.717) is 16.9 Å². The molecule has 1 aliphatic rings. The van der Waals surface area contributed by atoms with Crippen molar-refractivity contribution in [3.8, 4) is 5.75 Å². The highest BCUT2D eigenvalue weighted by Gasteiger charge is 2.32. The summed E-state index contributed by atoms with van der Waals surface area (Å²) >= 11 is 1.27. The van der Waals surface area contributed by atoms with Gasteiger partial charge in [-0.05, 0) is 25.0 Å². The summed E-state index contributed by atoms with van der Waals surface area (Å²) in [5.74, 6) is -0.122. The molecule has 1 aromatic rings. The van der Waals surface area contributed by atoms with E-state index in [1.54, 1.807) is 12.3 Å². The summed E-state index contributed by atoms with van der Waals surface area (Å²) in [4.78, 5) is 0.592. The van der Waals surface area contributed by atoms with Gasteiger partial charge in [0.1, 0.15) is 11.5 Å². The third kappa shape index (κ3) is 3.22. The minimum atomic E-state index is -4.67. The summed E-state index contributed by atoms with van der Waals surface area (Å²) in [6.45, 7) is 1.57. The Morgan fingerprint density at radius 2 is 2.05 bits per heavy atom. The average Bonchev–Trinajstić information content (AvgIpc) is 2.70. The summed E-state index contributed by atoms with van der Waals surface area (Å²) in [7, 11) is 0. The van der Waals surface area contributed by atoms with Crippen LogP contribution in [0.3, 0.4) is 0 Å². The maximum atomic E-state index is 12.1. The molecule has 7 heteroatoms. The molecule has 0 bridgehead atoms. The number of rotatable bonds is 3. The summed E-state index contributed by atoms with van der Waals surface area (Å²) in [6, 6.07) is 0. The van der Waals surface area contributed by atoms with Crippen molar-refractivity contribution in [2.75, 3.05) is 0 Å². The van der Waals surface area contributed by atoms with E-state index in [1.165, 1.54) is 23.5 Å². The number of hydrogen-bond donors (Lipinski definition) is 2. The lowest BCUT2D eigenvalue weighted by Crippen LogP contribution is -2.13. The van der Waals surface area contributed by atoms with Crippen molar-refractivity contribution in [2.45, 2.75) is 26.1 Å². The van der Waals surface area contributed by atoms with Gasteiger partial charge in [-0.2, -0.15) is 0 Å². The van der Waals surface area contributed by atoms with Crippen molar-refractivity contribution in [3.05, 3.63) is 33.7 Å². The van der Waals surface area contributed by atoms with Crippen LogP contribution in [-0.4, -0.2) is 17.2 Å². The zero-order valence-corrected chi connectivity index (χ0v) is 11.4. The highest BCUT2D eigenvalue weighted by atomic mass is 32.1. The van der Waals surface area contributed by atoms with Gasteiger partial charge < -0.3 is 15.3 Å². The number of aromatic hydroxyl groups is 1. The van der Waals surface area contributed by atoms with Gasteiger partial charge in [-0.3, -0.25) is 0 Å². The average molecular weight is 303 g/mol. The Morgan fingerprint density at radius 1 is 1.35 bits per heavy atom. The van der Waals surface area contributed by atoms with E-state index in [1.807, 2.05) is 0 Å². The molecule has 20 heavy (non-hydrogen) atoms. The Bertz CT molecular complexity index is 599. The monoisotopic (exact) mass is 303 g/mol. The van der Waals surface area contributed by atoms with E-state index in [4.69, 9.17) is 5.41 Å². The van der Waals surface area contributed by atoms with Crippen LogP contribution in [0.25, 0.3) is 5.57 Å². The minimum absolute atomic E-state index is 0.0161. The molecule has 0 fully saturated rings. The molecule has 0 radical (unpaired) electrons. The molecule has 1 heterocycles. The van der Waals surface area contributed by atoms with Gasteiger partial charge in [0.15, 0.2) is 0 Å². The quantitative estimate of drug-likeness (QED) is 0.811. The lowest BCUT2D eigenvalue weighted by Gasteiger charge is -2.16. The van der Waals surface area contributed by atoms with Crippen LogP contribution in [0.5, 0.6) is 5.75 Å². The molecule has 0 unspecified atom stereocenters. The molecule has 0 aromatic carbocycles. The van der Waals surface area contributed by atoms with E-state index < -0.39 is 6.36 Å². The molecular formula is C13H12F3NO2S. The number of ether oxygens (including phenoxy) is 1. The van der Waals surface area contributed by atoms with Gasteiger partial charge in [-0.25, -0.2) is 0 Å². The summed E-state index contributed by atoms with van der Waals surface area (Å²) < 4.78 is 40.1. The molecule has 0 aliphatic heterocycles. The van der Waals surface area contributed by atoms with Gasteiger partial charge in [0.2, 0.25) is 0 Å². The van der Waals surface area contributed by atoms with Crippen LogP contribution in [-0.2, 0) is 4.74 Å². The van der Waals surface area contributed by atoms with Gasteiger partial charge in [0, 0.05) is 23.1 Å². The number of thiophene rings is 1. The maximum absolute atomic E-state index is 12.1.